The summed E-state index contributed by atoms with van der Waals surface area (Å²) in [4.78, 5) is 26.4. The molecule has 0 aliphatic carbocycles. The number of benzene rings is 1. The number of phenols is 1. The SMILES string of the molecule is COCCN1C(=O)[C@@H]2[C@@H](c3ccc(O)cc3)NN(C)[C@H]2C1=O. The monoisotopic (exact) mass is 305 g/mol. The molecule has 0 aromatic heterocycles. The molecular formula is C15H19N3O4. The van der Waals surface area contributed by atoms with Crippen LogP contribution in [-0.4, -0.2) is 60.2 Å². The number of aromatic hydroxyl groups is 1. The molecule has 2 N–H and O–H groups in total. The van der Waals surface area contributed by atoms with Gasteiger partial charge in [-0.1, -0.05) is 12.1 Å². The van der Waals surface area contributed by atoms with Crippen molar-refractivity contribution in [2.24, 2.45) is 5.92 Å². The fourth-order valence-electron chi connectivity index (χ4n) is 3.21. The normalized spacial score (nSPS) is 28.5. The first-order valence-electron chi connectivity index (χ1n) is 7.16. The van der Waals surface area contributed by atoms with Gasteiger partial charge in [0, 0.05) is 14.2 Å². The van der Waals surface area contributed by atoms with Crippen molar-refractivity contribution in [1.29, 1.82) is 0 Å². The summed E-state index contributed by atoms with van der Waals surface area (Å²) in [5.74, 6) is -0.661. The van der Waals surface area contributed by atoms with Crippen LogP contribution >= 0.6 is 0 Å². The van der Waals surface area contributed by atoms with E-state index in [1.807, 2.05) is 0 Å². The van der Waals surface area contributed by atoms with Gasteiger partial charge in [0.05, 0.1) is 25.1 Å². The lowest BCUT2D eigenvalue weighted by atomic mass is 9.91. The van der Waals surface area contributed by atoms with E-state index >= 15 is 0 Å². The summed E-state index contributed by atoms with van der Waals surface area (Å²) >= 11 is 0. The third-order valence-corrected chi connectivity index (χ3v) is 4.30. The number of ether oxygens (including phenoxy) is 1. The molecule has 0 radical (unpaired) electrons. The largest absolute Gasteiger partial charge is 0.508 e. The first-order chi connectivity index (χ1) is 10.5. The number of nitrogens with one attached hydrogen (secondary N) is 1. The summed E-state index contributed by atoms with van der Waals surface area (Å²) in [5.41, 5.74) is 4.05. The molecule has 22 heavy (non-hydrogen) atoms. The fraction of sp³-hybridized carbons (Fsp3) is 0.467. The van der Waals surface area contributed by atoms with Crippen molar-refractivity contribution < 1.29 is 19.4 Å². The second-order valence-electron chi connectivity index (χ2n) is 5.60. The van der Waals surface area contributed by atoms with E-state index in [9.17, 15) is 14.7 Å². The number of phenolic OH excluding ortho intramolecular Hbond substituents is 1. The summed E-state index contributed by atoms with van der Waals surface area (Å²) in [6.07, 6.45) is 0. The predicted octanol–water partition coefficient (Wildman–Crippen LogP) is -0.117. The Hall–Kier alpha value is -1.96. The number of carbonyl (C=O) groups is 2. The van der Waals surface area contributed by atoms with Crippen LogP contribution in [0.15, 0.2) is 24.3 Å². The van der Waals surface area contributed by atoms with Gasteiger partial charge in [0.15, 0.2) is 0 Å². The molecule has 2 fully saturated rings. The van der Waals surface area contributed by atoms with Crippen LogP contribution in [0.2, 0.25) is 0 Å². The minimum absolute atomic E-state index is 0.169. The van der Waals surface area contributed by atoms with E-state index in [0.29, 0.717) is 6.61 Å². The fourth-order valence-corrected chi connectivity index (χ4v) is 3.21. The molecule has 7 heteroatoms. The van der Waals surface area contributed by atoms with E-state index in [2.05, 4.69) is 5.43 Å². The predicted molar refractivity (Wildman–Crippen MR) is 77.6 cm³/mol. The maximum absolute atomic E-state index is 12.6. The highest BCUT2D eigenvalue weighted by Crippen LogP contribution is 2.39. The number of amides is 2. The second kappa shape index (κ2) is 5.68. The smallest absolute Gasteiger partial charge is 0.248 e. The van der Waals surface area contributed by atoms with E-state index in [-0.39, 0.29) is 30.2 Å². The minimum atomic E-state index is -0.497. The topological polar surface area (TPSA) is 82.1 Å². The van der Waals surface area contributed by atoms with Gasteiger partial charge in [0.25, 0.3) is 0 Å². The number of hydrogen-bond donors (Lipinski definition) is 2. The lowest BCUT2D eigenvalue weighted by Gasteiger charge is -2.22. The number of methoxy groups -OCH3 is 1. The molecule has 2 aliphatic heterocycles. The van der Waals surface area contributed by atoms with Crippen molar-refractivity contribution in [2.75, 3.05) is 27.3 Å². The molecule has 0 saturated carbocycles. The number of likely N-dealkylation sites (tertiary alicyclic amines) is 1. The van der Waals surface area contributed by atoms with E-state index in [0.717, 1.165) is 5.56 Å². The molecule has 118 valence electrons. The van der Waals surface area contributed by atoms with Gasteiger partial charge in [-0.2, -0.15) is 0 Å². The van der Waals surface area contributed by atoms with Gasteiger partial charge in [0.1, 0.15) is 11.8 Å². The Kier molecular flexibility index (Phi) is 3.86. The third kappa shape index (κ3) is 2.27. The quantitative estimate of drug-likeness (QED) is 0.755. The van der Waals surface area contributed by atoms with Crippen molar-refractivity contribution in [3.63, 3.8) is 0 Å². The highest BCUT2D eigenvalue weighted by Gasteiger charge is 2.57. The van der Waals surface area contributed by atoms with Crippen LogP contribution < -0.4 is 5.43 Å². The van der Waals surface area contributed by atoms with Crippen LogP contribution in [0.3, 0.4) is 0 Å². The van der Waals surface area contributed by atoms with Crippen molar-refractivity contribution in [1.82, 2.24) is 15.3 Å². The van der Waals surface area contributed by atoms with Crippen molar-refractivity contribution in [3.8, 4) is 5.75 Å². The molecule has 0 bridgehead atoms. The number of nitrogens with zero attached hydrogens (tertiary/aromatic N) is 2. The first kappa shape index (κ1) is 15.0. The Morgan fingerprint density at radius 2 is 1.91 bits per heavy atom. The standard InChI is InChI=1S/C15H19N3O4/c1-17-13-11(14(20)18(15(13)21)7-8-22-2)12(16-17)9-3-5-10(19)6-4-9/h3-6,11-13,16,19H,7-8H2,1-2H3/t11-,12-,13-/m1/s1. The van der Waals surface area contributed by atoms with Crippen molar-refractivity contribution in [3.05, 3.63) is 29.8 Å². The summed E-state index contributed by atoms with van der Waals surface area (Å²) in [5, 5.41) is 11.1. The molecule has 3 rings (SSSR count). The van der Waals surface area contributed by atoms with Gasteiger partial charge < -0.3 is 9.84 Å². The molecule has 7 nitrogen and oxygen atoms in total. The van der Waals surface area contributed by atoms with Crippen LogP contribution in [0.25, 0.3) is 0 Å². The molecule has 2 aliphatic rings. The number of carbonyl (C=O) groups excluding carboxylic acids is 2. The van der Waals surface area contributed by atoms with Crippen LogP contribution in [0.1, 0.15) is 11.6 Å². The average molecular weight is 305 g/mol. The number of fused-ring (bicyclic) bond motifs is 1. The zero-order valence-corrected chi connectivity index (χ0v) is 12.5. The summed E-state index contributed by atoms with van der Waals surface area (Å²) in [7, 11) is 3.31. The molecule has 3 atom stereocenters. The van der Waals surface area contributed by atoms with Crippen molar-refractivity contribution >= 4 is 11.8 Å². The second-order valence-corrected chi connectivity index (χ2v) is 5.60. The number of hydrogen-bond acceptors (Lipinski definition) is 6. The van der Waals surface area contributed by atoms with Crippen LogP contribution in [-0.2, 0) is 14.3 Å². The summed E-state index contributed by atoms with van der Waals surface area (Å²) in [6, 6.07) is 5.91. The lowest BCUT2D eigenvalue weighted by molar-refractivity contribution is -0.142. The van der Waals surface area contributed by atoms with Crippen LogP contribution in [0, 0.1) is 5.92 Å². The number of imide groups is 1. The first-order valence-corrected chi connectivity index (χ1v) is 7.16. The number of hydrazine groups is 1. The molecule has 2 saturated heterocycles. The molecule has 0 spiro atoms. The highest BCUT2D eigenvalue weighted by atomic mass is 16.5. The van der Waals surface area contributed by atoms with E-state index in [1.54, 1.807) is 43.4 Å². The van der Waals surface area contributed by atoms with Gasteiger partial charge in [-0.25, -0.2) is 10.4 Å². The third-order valence-electron chi connectivity index (χ3n) is 4.30. The molecule has 0 unspecified atom stereocenters. The Labute approximate surface area is 128 Å². The van der Waals surface area contributed by atoms with E-state index in [4.69, 9.17) is 4.74 Å². The average Bonchev–Trinajstić information content (AvgIpc) is 2.96. The van der Waals surface area contributed by atoms with Gasteiger partial charge in [-0.05, 0) is 17.7 Å². The van der Waals surface area contributed by atoms with Gasteiger partial charge in [-0.3, -0.25) is 14.5 Å². The lowest BCUT2D eigenvalue weighted by Crippen LogP contribution is -2.43. The Bertz CT molecular complexity index is 589. The van der Waals surface area contributed by atoms with E-state index in [1.165, 1.54) is 4.90 Å². The maximum atomic E-state index is 12.6. The number of rotatable bonds is 4. The minimum Gasteiger partial charge on any atom is -0.508 e. The molecule has 2 heterocycles. The zero-order chi connectivity index (χ0) is 15.9. The van der Waals surface area contributed by atoms with Gasteiger partial charge in [-0.15, -0.1) is 0 Å². The summed E-state index contributed by atoms with van der Waals surface area (Å²) < 4.78 is 4.97. The Balaban J connectivity index is 1.89. The Morgan fingerprint density at radius 3 is 2.55 bits per heavy atom. The van der Waals surface area contributed by atoms with Crippen molar-refractivity contribution in [2.45, 2.75) is 12.1 Å². The number of likely N-dealkylation sites (N-methyl/N-ethyl adjacent to an activating group) is 1. The zero-order valence-electron chi connectivity index (χ0n) is 12.5. The maximum Gasteiger partial charge on any atom is 0.248 e. The summed E-state index contributed by atoms with van der Waals surface area (Å²) in [6.45, 7) is 0.606. The van der Waals surface area contributed by atoms with Crippen LogP contribution in [0.4, 0.5) is 0 Å². The van der Waals surface area contributed by atoms with Gasteiger partial charge >= 0.3 is 0 Å². The highest BCUT2D eigenvalue weighted by molar-refractivity contribution is 6.07. The molecule has 1 aromatic carbocycles. The molecule has 2 amide bonds. The van der Waals surface area contributed by atoms with Crippen LogP contribution in [0.5, 0.6) is 5.75 Å². The Morgan fingerprint density at radius 1 is 1.23 bits per heavy atom. The molecule has 1 aromatic rings. The molecular weight excluding hydrogens is 286 g/mol. The van der Waals surface area contributed by atoms with E-state index < -0.39 is 12.0 Å². The van der Waals surface area contributed by atoms with Gasteiger partial charge in [0.2, 0.25) is 11.8 Å².